The number of fused-ring (bicyclic) bond motifs is 1. The van der Waals surface area contributed by atoms with E-state index >= 15 is 0 Å². The lowest BCUT2D eigenvalue weighted by Crippen LogP contribution is -2.72. The summed E-state index contributed by atoms with van der Waals surface area (Å²) in [4.78, 5) is 55.8. The van der Waals surface area contributed by atoms with E-state index in [0.29, 0.717) is 30.4 Å². The fourth-order valence-corrected chi connectivity index (χ4v) is 11.3. The number of hydrogen-bond acceptors (Lipinski definition) is 7. The molecular formula is C29H29NO6. The van der Waals surface area contributed by atoms with Gasteiger partial charge in [0.2, 0.25) is 0 Å². The Bertz CT molecular complexity index is 1310. The summed E-state index contributed by atoms with van der Waals surface area (Å²) in [6.45, 7) is 8.73. The number of nitrogens with zero attached hydrogens (tertiary/aromatic N) is 1. The molecule has 0 amide bonds. The van der Waals surface area contributed by atoms with Crippen LogP contribution in [0.25, 0.3) is 0 Å². The first-order valence-corrected chi connectivity index (χ1v) is 13.1. The van der Waals surface area contributed by atoms with Gasteiger partial charge in [-0.3, -0.25) is 19.3 Å². The first kappa shape index (κ1) is 21.3. The lowest BCUT2D eigenvalue weighted by Gasteiger charge is -2.65. The molecule has 36 heavy (non-hydrogen) atoms. The quantitative estimate of drug-likeness (QED) is 0.478. The van der Waals surface area contributed by atoms with Crippen molar-refractivity contribution in [2.75, 3.05) is 6.54 Å². The van der Waals surface area contributed by atoms with Gasteiger partial charge in [-0.25, -0.2) is 4.79 Å². The molecule has 0 aromatic heterocycles. The van der Waals surface area contributed by atoms with Crippen molar-refractivity contribution in [1.29, 1.82) is 0 Å². The van der Waals surface area contributed by atoms with Crippen LogP contribution in [0, 0.1) is 39.9 Å². The largest absolute Gasteiger partial charge is 0.457 e. The minimum atomic E-state index is -0.723. The predicted molar refractivity (Wildman–Crippen MR) is 125 cm³/mol. The van der Waals surface area contributed by atoms with Crippen LogP contribution in [0.1, 0.15) is 43.5 Å². The van der Waals surface area contributed by atoms with Crippen molar-refractivity contribution in [3.05, 3.63) is 48.0 Å². The summed E-state index contributed by atoms with van der Waals surface area (Å²) < 4.78 is 12.3. The van der Waals surface area contributed by atoms with Crippen molar-refractivity contribution in [2.45, 2.75) is 57.4 Å². The topological polar surface area (TPSA) is 90.0 Å². The standard InChI is InChI=1S/C29H29NO6/c1-13-18-20(33)19-24-29-10-16(32)9-27(3)12-30(24)17(22(27)29)11-28(19,25(13)35-14(2)31)23(29)21(18)36-26(34)15-7-5-4-6-8-15/h4-8,17-19,21-25H,1,9-12H2,2-3H3/t17-,18-,19?,21+,22+,23+,24?,25+,27-,28+,29-/m0/s1. The number of piperidine rings is 2. The van der Waals surface area contributed by atoms with E-state index in [1.54, 1.807) is 24.3 Å². The molecule has 0 N–H and O–H groups in total. The summed E-state index contributed by atoms with van der Waals surface area (Å²) >= 11 is 0. The fourth-order valence-electron chi connectivity index (χ4n) is 11.3. The smallest absolute Gasteiger partial charge is 0.338 e. The molecule has 6 saturated carbocycles. The SMILES string of the molecule is C=C1[C@H]2C(=O)C3C4N5C[C@]6(C)CC(=O)C[C@]47[C@H]([C@@H]2OC(=O)c2ccccc2)[C@]3(C[C@H]5[C@H]67)[C@@H]1OC(C)=O. The van der Waals surface area contributed by atoms with Crippen LogP contribution in [-0.4, -0.2) is 59.2 Å². The fraction of sp³-hybridized carbons (Fsp3) is 0.586. The number of carbonyl (C=O) groups is 4. The van der Waals surface area contributed by atoms with Gasteiger partial charge in [0.15, 0.2) is 0 Å². The summed E-state index contributed by atoms with van der Waals surface area (Å²) in [7, 11) is 0. The van der Waals surface area contributed by atoms with Gasteiger partial charge in [-0.1, -0.05) is 31.7 Å². The molecule has 9 aliphatic rings. The zero-order valence-electron chi connectivity index (χ0n) is 20.4. The lowest BCUT2D eigenvalue weighted by atomic mass is 9.39. The zero-order chi connectivity index (χ0) is 24.9. The Balaban J connectivity index is 1.34. The van der Waals surface area contributed by atoms with Crippen LogP contribution in [0.15, 0.2) is 42.5 Å². The Kier molecular flexibility index (Phi) is 3.66. The van der Waals surface area contributed by atoms with Crippen molar-refractivity contribution < 1.29 is 28.7 Å². The monoisotopic (exact) mass is 487 g/mol. The maximum atomic E-state index is 14.3. The van der Waals surface area contributed by atoms with E-state index in [4.69, 9.17) is 9.47 Å². The third-order valence-corrected chi connectivity index (χ3v) is 11.3. The highest BCUT2D eigenvalue weighted by molar-refractivity contribution is 5.96. The molecule has 9 fully saturated rings. The second-order valence-corrected chi connectivity index (χ2v) is 12.8. The molecule has 186 valence electrons. The van der Waals surface area contributed by atoms with Gasteiger partial charge in [-0.05, 0) is 35.5 Å². The Morgan fingerprint density at radius 1 is 1.06 bits per heavy atom. The number of hydrogen-bond donors (Lipinski definition) is 0. The second-order valence-electron chi connectivity index (χ2n) is 12.8. The van der Waals surface area contributed by atoms with E-state index in [9.17, 15) is 19.2 Å². The van der Waals surface area contributed by atoms with Gasteiger partial charge < -0.3 is 9.47 Å². The van der Waals surface area contributed by atoms with Crippen LogP contribution in [0.2, 0.25) is 0 Å². The molecule has 10 rings (SSSR count). The van der Waals surface area contributed by atoms with Gasteiger partial charge in [-0.15, -0.1) is 0 Å². The minimum absolute atomic E-state index is 0.0538. The van der Waals surface area contributed by atoms with Crippen LogP contribution in [0.4, 0.5) is 0 Å². The maximum Gasteiger partial charge on any atom is 0.338 e. The Hall–Kier alpha value is -2.80. The lowest BCUT2D eigenvalue weighted by molar-refractivity contribution is -0.218. The highest BCUT2D eigenvalue weighted by atomic mass is 16.6. The van der Waals surface area contributed by atoms with Crippen LogP contribution < -0.4 is 0 Å². The molecule has 3 heterocycles. The van der Waals surface area contributed by atoms with Gasteiger partial charge in [-0.2, -0.15) is 0 Å². The summed E-state index contributed by atoms with van der Waals surface area (Å²) in [5.41, 5.74) is -0.274. The first-order valence-electron chi connectivity index (χ1n) is 13.1. The number of benzene rings is 1. The number of rotatable bonds is 3. The molecule has 3 saturated heterocycles. The van der Waals surface area contributed by atoms with Gasteiger partial charge in [0.1, 0.15) is 23.8 Å². The molecule has 1 aromatic carbocycles. The third-order valence-electron chi connectivity index (χ3n) is 11.3. The van der Waals surface area contributed by atoms with Gasteiger partial charge in [0.25, 0.3) is 0 Å². The number of esters is 2. The summed E-state index contributed by atoms with van der Waals surface area (Å²) in [6, 6.07) is 9.02. The Labute approximate surface area is 209 Å². The molecule has 0 radical (unpaired) electrons. The van der Waals surface area contributed by atoms with Crippen LogP contribution >= 0.6 is 0 Å². The van der Waals surface area contributed by atoms with Crippen molar-refractivity contribution in [3.63, 3.8) is 0 Å². The van der Waals surface area contributed by atoms with Gasteiger partial charge in [0, 0.05) is 61.1 Å². The normalized spacial score (nSPS) is 52.2. The van der Waals surface area contributed by atoms with E-state index in [-0.39, 0.29) is 46.8 Å². The summed E-state index contributed by atoms with van der Waals surface area (Å²) in [6.07, 6.45) is 0.391. The average molecular weight is 488 g/mol. The predicted octanol–water partition coefficient (Wildman–Crippen LogP) is 2.59. The van der Waals surface area contributed by atoms with Crippen molar-refractivity contribution >= 4 is 23.5 Å². The van der Waals surface area contributed by atoms with Crippen molar-refractivity contribution in [3.8, 4) is 0 Å². The molecule has 9 bridgehead atoms. The summed E-state index contributed by atoms with van der Waals surface area (Å²) in [5.74, 6) is -1.57. The third kappa shape index (κ3) is 2.00. The number of ether oxygens (including phenoxy) is 2. The molecule has 6 aliphatic carbocycles. The highest BCUT2D eigenvalue weighted by Crippen LogP contribution is 2.86. The molecule has 7 heteroatoms. The Morgan fingerprint density at radius 2 is 1.81 bits per heavy atom. The number of ketones is 2. The maximum absolute atomic E-state index is 14.3. The van der Waals surface area contributed by atoms with E-state index in [1.807, 2.05) is 6.07 Å². The van der Waals surface area contributed by atoms with Crippen molar-refractivity contribution in [1.82, 2.24) is 4.90 Å². The highest BCUT2D eigenvalue weighted by Gasteiger charge is 2.93. The average Bonchev–Trinajstić information content (AvgIpc) is 3.25. The minimum Gasteiger partial charge on any atom is -0.457 e. The van der Waals surface area contributed by atoms with Gasteiger partial charge in [0.05, 0.1) is 11.5 Å². The molecular weight excluding hydrogens is 458 g/mol. The summed E-state index contributed by atoms with van der Waals surface area (Å²) in [5, 5.41) is 0. The number of Topliss-reactive ketones (excluding diaryl/α,β-unsaturated/α-hetero) is 2. The molecule has 1 aromatic rings. The molecule has 3 aliphatic heterocycles. The second kappa shape index (κ2) is 6.18. The first-order chi connectivity index (χ1) is 17.1. The molecule has 7 nitrogen and oxygen atoms in total. The van der Waals surface area contributed by atoms with E-state index in [1.165, 1.54) is 6.92 Å². The molecule has 3 unspecified atom stereocenters. The van der Waals surface area contributed by atoms with Gasteiger partial charge >= 0.3 is 11.9 Å². The Morgan fingerprint density at radius 3 is 2.53 bits per heavy atom. The molecule has 12 atom stereocenters. The van der Waals surface area contributed by atoms with E-state index in [2.05, 4.69) is 18.4 Å². The van der Waals surface area contributed by atoms with Crippen LogP contribution in [0.3, 0.4) is 0 Å². The van der Waals surface area contributed by atoms with Crippen molar-refractivity contribution in [2.24, 2.45) is 39.9 Å². The van der Waals surface area contributed by atoms with Crippen LogP contribution in [-0.2, 0) is 23.9 Å². The molecule has 2 spiro atoms. The van der Waals surface area contributed by atoms with E-state index in [0.717, 1.165) is 6.54 Å². The number of carbonyl (C=O) groups excluding carboxylic acids is 4. The van der Waals surface area contributed by atoms with Crippen LogP contribution in [0.5, 0.6) is 0 Å². The zero-order valence-corrected chi connectivity index (χ0v) is 20.4. The van der Waals surface area contributed by atoms with E-state index < -0.39 is 40.9 Å².